The van der Waals surface area contributed by atoms with Gasteiger partial charge in [0, 0.05) is 18.7 Å². The van der Waals surface area contributed by atoms with Gasteiger partial charge in [-0.05, 0) is 31.9 Å². The van der Waals surface area contributed by atoms with Crippen LogP contribution in [0.3, 0.4) is 0 Å². The molecule has 122 valence electrons. The quantitative estimate of drug-likeness (QED) is 0.622. The standard InChI is InChI=1S/C15H19Cl3N2O2/c1-10-4-6-11(7-5-10)13(21)20-14(15(16,17)18)19-9-12-3-2-8-22-12/h4-7,12,14,19H,2-3,8-9H2,1H3,(H,20,21)/t12-,14+/m1/s1. The molecule has 22 heavy (non-hydrogen) atoms. The summed E-state index contributed by atoms with van der Waals surface area (Å²) in [7, 11) is 0. The van der Waals surface area contributed by atoms with E-state index in [2.05, 4.69) is 10.6 Å². The first kappa shape index (κ1) is 17.8. The molecule has 2 N–H and O–H groups in total. The van der Waals surface area contributed by atoms with Crippen LogP contribution < -0.4 is 10.6 Å². The fourth-order valence-corrected chi connectivity index (χ4v) is 2.62. The predicted octanol–water partition coefficient (Wildman–Crippen LogP) is 3.19. The number of hydrogen-bond donors (Lipinski definition) is 2. The van der Waals surface area contributed by atoms with Crippen LogP contribution in [-0.4, -0.2) is 35.1 Å². The maximum Gasteiger partial charge on any atom is 0.252 e. The summed E-state index contributed by atoms with van der Waals surface area (Å²) in [6.07, 6.45) is 1.29. The number of carbonyl (C=O) groups excluding carboxylic acids is 1. The Bertz CT molecular complexity index is 497. The first-order valence-corrected chi connectivity index (χ1v) is 8.29. The van der Waals surface area contributed by atoms with Crippen LogP contribution in [-0.2, 0) is 4.74 Å². The molecular formula is C15H19Cl3N2O2. The van der Waals surface area contributed by atoms with Gasteiger partial charge in [0.15, 0.2) is 0 Å². The van der Waals surface area contributed by atoms with Crippen LogP contribution in [0.2, 0.25) is 0 Å². The number of aryl methyl sites for hydroxylation is 1. The number of rotatable bonds is 5. The fraction of sp³-hybridized carbons (Fsp3) is 0.533. The van der Waals surface area contributed by atoms with E-state index in [1.807, 2.05) is 19.1 Å². The van der Waals surface area contributed by atoms with Crippen LogP contribution in [0.5, 0.6) is 0 Å². The van der Waals surface area contributed by atoms with Gasteiger partial charge in [-0.25, -0.2) is 0 Å². The highest BCUT2D eigenvalue weighted by Crippen LogP contribution is 2.29. The van der Waals surface area contributed by atoms with Crippen LogP contribution >= 0.6 is 34.8 Å². The number of ether oxygens (including phenoxy) is 1. The lowest BCUT2D eigenvalue weighted by Crippen LogP contribution is -2.54. The van der Waals surface area contributed by atoms with E-state index in [1.165, 1.54) is 0 Å². The van der Waals surface area contributed by atoms with Gasteiger partial charge in [-0.3, -0.25) is 10.1 Å². The van der Waals surface area contributed by atoms with Gasteiger partial charge in [-0.1, -0.05) is 52.5 Å². The molecule has 1 aliphatic heterocycles. The zero-order valence-electron chi connectivity index (χ0n) is 12.2. The van der Waals surface area contributed by atoms with Crippen molar-refractivity contribution in [3.63, 3.8) is 0 Å². The number of hydrogen-bond acceptors (Lipinski definition) is 3. The Balaban J connectivity index is 1.96. The summed E-state index contributed by atoms with van der Waals surface area (Å²) >= 11 is 17.9. The molecule has 2 rings (SSSR count). The van der Waals surface area contributed by atoms with Crippen molar-refractivity contribution in [3.05, 3.63) is 35.4 Å². The minimum atomic E-state index is -1.65. The Morgan fingerprint density at radius 2 is 2.05 bits per heavy atom. The second kappa shape index (κ2) is 7.84. The minimum Gasteiger partial charge on any atom is -0.377 e. The lowest BCUT2D eigenvalue weighted by Gasteiger charge is -2.27. The third kappa shape index (κ3) is 5.28. The number of benzene rings is 1. The van der Waals surface area contributed by atoms with Crippen LogP contribution in [0.25, 0.3) is 0 Å². The van der Waals surface area contributed by atoms with E-state index < -0.39 is 9.96 Å². The Labute approximate surface area is 145 Å². The first-order valence-electron chi connectivity index (χ1n) is 7.15. The topological polar surface area (TPSA) is 50.4 Å². The highest BCUT2D eigenvalue weighted by atomic mass is 35.6. The van der Waals surface area contributed by atoms with E-state index in [1.54, 1.807) is 12.1 Å². The van der Waals surface area contributed by atoms with Crippen LogP contribution in [0.1, 0.15) is 28.8 Å². The number of carbonyl (C=O) groups is 1. The molecule has 2 atom stereocenters. The number of alkyl halides is 3. The lowest BCUT2D eigenvalue weighted by atomic mass is 10.1. The number of halogens is 3. The average molecular weight is 366 g/mol. The van der Waals surface area contributed by atoms with Crippen molar-refractivity contribution in [1.29, 1.82) is 0 Å². The van der Waals surface area contributed by atoms with Gasteiger partial charge < -0.3 is 10.1 Å². The normalized spacial score (nSPS) is 19.9. The number of nitrogens with one attached hydrogen (secondary N) is 2. The van der Waals surface area contributed by atoms with Crippen molar-refractivity contribution in [2.24, 2.45) is 0 Å². The predicted molar refractivity (Wildman–Crippen MR) is 89.7 cm³/mol. The van der Waals surface area contributed by atoms with Crippen molar-refractivity contribution in [1.82, 2.24) is 10.6 Å². The van der Waals surface area contributed by atoms with Crippen molar-refractivity contribution in [2.45, 2.75) is 35.8 Å². The Hall–Kier alpha value is -0.520. The molecule has 4 nitrogen and oxygen atoms in total. The second-order valence-corrected chi connectivity index (χ2v) is 7.73. The van der Waals surface area contributed by atoms with E-state index in [4.69, 9.17) is 39.5 Å². The van der Waals surface area contributed by atoms with E-state index in [0.717, 1.165) is 25.0 Å². The van der Waals surface area contributed by atoms with Crippen molar-refractivity contribution < 1.29 is 9.53 Å². The molecule has 0 unspecified atom stereocenters. The first-order chi connectivity index (χ1) is 10.4. The highest BCUT2D eigenvalue weighted by molar-refractivity contribution is 6.68. The molecule has 1 heterocycles. The summed E-state index contributed by atoms with van der Waals surface area (Å²) in [5.74, 6) is -0.295. The molecule has 0 bridgehead atoms. The molecule has 1 saturated heterocycles. The molecule has 1 aromatic rings. The summed E-state index contributed by atoms with van der Waals surface area (Å²) in [5.41, 5.74) is 1.59. The van der Waals surface area contributed by atoms with Crippen molar-refractivity contribution in [3.8, 4) is 0 Å². The molecule has 0 saturated carbocycles. The fourth-order valence-electron chi connectivity index (χ4n) is 2.22. The number of amides is 1. The molecule has 1 aromatic carbocycles. The molecule has 0 radical (unpaired) electrons. The Kier molecular flexibility index (Phi) is 6.36. The molecule has 0 aliphatic carbocycles. The van der Waals surface area contributed by atoms with Gasteiger partial charge >= 0.3 is 0 Å². The second-order valence-electron chi connectivity index (χ2n) is 5.36. The SMILES string of the molecule is Cc1ccc(C(=O)N[C@H](NC[C@H]2CCCO2)C(Cl)(Cl)Cl)cc1. The summed E-state index contributed by atoms with van der Waals surface area (Å²) in [4.78, 5) is 12.3. The Morgan fingerprint density at radius 1 is 1.36 bits per heavy atom. The van der Waals surface area contributed by atoms with Gasteiger partial charge in [0.2, 0.25) is 3.79 Å². The van der Waals surface area contributed by atoms with Crippen molar-refractivity contribution >= 4 is 40.7 Å². The van der Waals surface area contributed by atoms with E-state index in [9.17, 15) is 4.79 Å². The van der Waals surface area contributed by atoms with E-state index in [-0.39, 0.29) is 12.0 Å². The smallest absolute Gasteiger partial charge is 0.252 e. The zero-order chi connectivity index (χ0) is 16.2. The van der Waals surface area contributed by atoms with Crippen LogP contribution in [0.15, 0.2) is 24.3 Å². The maximum absolute atomic E-state index is 12.3. The highest BCUT2D eigenvalue weighted by Gasteiger charge is 2.34. The van der Waals surface area contributed by atoms with Gasteiger partial charge in [0.1, 0.15) is 6.17 Å². The minimum absolute atomic E-state index is 0.0890. The van der Waals surface area contributed by atoms with Gasteiger partial charge in [-0.15, -0.1) is 0 Å². The third-order valence-corrected chi connectivity index (χ3v) is 4.14. The summed E-state index contributed by atoms with van der Waals surface area (Å²) in [6, 6.07) is 7.19. The third-order valence-electron chi connectivity index (χ3n) is 3.49. The van der Waals surface area contributed by atoms with E-state index in [0.29, 0.717) is 12.1 Å². The molecule has 1 fully saturated rings. The van der Waals surface area contributed by atoms with Gasteiger partial charge in [0.25, 0.3) is 5.91 Å². The molecule has 1 aliphatic rings. The summed E-state index contributed by atoms with van der Waals surface area (Å²) in [5, 5.41) is 5.78. The van der Waals surface area contributed by atoms with Crippen LogP contribution in [0.4, 0.5) is 0 Å². The summed E-state index contributed by atoms with van der Waals surface area (Å²) in [6.45, 7) is 3.22. The monoisotopic (exact) mass is 364 g/mol. The molecule has 0 aromatic heterocycles. The molecule has 7 heteroatoms. The Morgan fingerprint density at radius 3 is 2.59 bits per heavy atom. The van der Waals surface area contributed by atoms with Crippen LogP contribution in [0, 0.1) is 6.92 Å². The largest absolute Gasteiger partial charge is 0.377 e. The maximum atomic E-state index is 12.3. The van der Waals surface area contributed by atoms with Gasteiger partial charge in [-0.2, -0.15) is 0 Å². The lowest BCUT2D eigenvalue weighted by molar-refractivity contribution is 0.0897. The molecule has 0 spiro atoms. The van der Waals surface area contributed by atoms with Gasteiger partial charge in [0.05, 0.1) is 6.10 Å². The molecular weight excluding hydrogens is 347 g/mol. The zero-order valence-corrected chi connectivity index (χ0v) is 14.5. The molecule has 1 amide bonds. The van der Waals surface area contributed by atoms with Crippen molar-refractivity contribution in [2.75, 3.05) is 13.2 Å². The van der Waals surface area contributed by atoms with E-state index >= 15 is 0 Å². The average Bonchev–Trinajstić information content (AvgIpc) is 2.96. The summed E-state index contributed by atoms with van der Waals surface area (Å²) < 4.78 is 3.86.